The van der Waals surface area contributed by atoms with Crippen LogP contribution in [0.4, 0.5) is 5.69 Å². The molecule has 0 aliphatic rings. The number of anilines is 1. The molecular formula is C11H13N3O. The second-order valence-electron chi connectivity index (χ2n) is 3.46. The third-order valence-corrected chi connectivity index (χ3v) is 2.57. The summed E-state index contributed by atoms with van der Waals surface area (Å²) in [6, 6.07) is 1.95. The van der Waals surface area contributed by atoms with E-state index in [1.165, 1.54) is 0 Å². The smallest absolute Gasteiger partial charge is 0.211 e. The Balaban J connectivity index is 2.74. The van der Waals surface area contributed by atoms with E-state index < -0.39 is 0 Å². The normalized spacial score (nSPS) is 10.5. The molecule has 0 fully saturated rings. The molecular weight excluding hydrogens is 190 g/mol. The summed E-state index contributed by atoms with van der Waals surface area (Å²) in [4.78, 5) is 17.9. The molecule has 78 valence electrons. The van der Waals surface area contributed by atoms with Crippen molar-refractivity contribution in [3.05, 3.63) is 23.5 Å². The Morgan fingerprint density at radius 3 is 3.07 bits per heavy atom. The van der Waals surface area contributed by atoms with Crippen LogP contribution in [0.3, 0.4) is 0 Å². The highest BCUT2D eigenvalue weighted by Gasteiger charge is 2.10. The van der Waals surface area contributed by atoms with E-state index in [1.54, 1.807) is 6.33 Å². The van der Waals surface area contributed by atoms with Gasteiger partial charge < -0.3 is 10.3 Å². The molecule has 15 heavy (non-hydrogen) atoms. The first-order chi connectivity index (χ1) is 7.27. The first kappa shape index (κ1) is 9.71. The molecule has 0 saturated carbocycles. The molecule has 4 nitrogen and oxygen atoms in total. The fourth-order valence-electron chi connectivity index (χ4n) is 1.89. The van der Waals surface area contributed by atoms with Crippen molar-refractivity contribution < 1.29 is 4.79 Å². The van der Waals surface area contributed by atoms with Gasteiger partial charge in [0, 0.05) is 11.3 Å². The van der Waals surface area contributed by atoms with E-state index >= 15 is 0 Å². The van der Waals surface area contributed by atoms with Crippen molar-refractivity contribution in [3.8, 4) is 0 Å². The molecule has 4 heteroatoms. The number of imidazole rings is 1. The highest BCUT2D eigenvalue weighted by molar-refractivity contribution is 5.89. The number of hydrogen-bond acceptors (Lipinski definition) is 2. The van der Waals surface area contributed by atoms with Crippen LogP contribution in [0.15, 0.2) is 12.4 Å². The Bertz CT molecular complexity index is 502. The Kier molecular flexibility index (Phi) is 2.41. The van der Waals surface area contributed by atoms with Gasteiger partial charge in [0.1, 0.15) is 0 Å². The first-order valence-electron chi connectivity index (χ1n) is 4.93. The molecule has 0 radical (unpaired) electrons. The summed E-state index contributed by atoms with van der Waals surface area (Å²) in [5.41, 5.74) is 5.01. The summed E-state index contributed by atoms with van der Waals surface area (Å²) >= 11 is 0. The van der Waals surface area contributed by atoms with Crippen molar-refractivity contribution in [1.29, 1.82) is 0 Å². The number of aromatic amines is 1. The van der Waals surface area contributed by atoms with Crippen molar-refractivity contribution in [1.82, 2.24) is 9.97 Å². The van der Waals surface area contributed by atoms with Crippen LogP contribution in [0.25, 0.3) is 11.0 Å². The van der Waals surface area contributed by atoms with Gasteiger partial charge in [-0.25, -0.2) is 4.98 Å². The van der Waals surface area contributed by atoms with Crippen LogP contribution in [0.5, 0.6) is 0 Å². The summed E-state index contributed by atoms with van der Waals surface area (Å²) < 4.78 is 0. The lowest BCUT2D eigenvalue weighted by Gasteiger charge is -2.09. The zero-order valence-corrected chi connectivity index (χ0v) is 8.79. The molecule has 2 aromatic rings. The fourth-order valence-corrected chi connectivity index (χ4v) is 1.89. The summed E-state index contributed by atoms with van der Waals surface area (Å²) in [6.07, 6.45) is 3.24. The van der Waals surface area contributed by atoms with Crippen LogP contribution in [0, 0.1) is 6.92 Å². The van der Waals surface area contributed by atoms with Gasteiger partial charge in [0.15, 0.2) is 0 Å². The van der Waals surface area contributed by atoms with Crippen molar-refractivity contribution in [3.63, 3.8) is 0 Å². The molecule has 0 atom stereocenters. The minimum absolute atomic E-state index is 0.704. The quantitative estimate of drug-likeness (QED) is 0.749. The van der Waals surface area contributed by atoms with Crippen molar-refractivity contribution in [2.24, 2.45) is 0 Å². The molecule has 1 aromatic carbocycles. The molecule has 0 unspecified atom stereocenters. The van der Waals surface area contributed by atoms with Gasteiger partial charge >= 0.3 is 0 Å². The van der Waals surface area contributed by atoms with Gasteiger partial charge in [-0.15, -0.1) is 0 Å². The number of H-pyrrole nitrogens is 1. The second-order valence-corrected chi connectivity index (χ2v) is 3.46. The summed E-state index contributed by atoms with van der Waals surface area (Å²) in [5.74, 6) is 0. The third kappa shape index (κ3) is 1.48. The standard InChI is InChI=1S/C11H13N3O/c1-3-8-9(14-6-15)4-7(2)10-11(8)13-5-12-10/h4-6H,3H2,1-2H3,(H,12,13)(H,14,15). The molecule has 1 aromatic heterocycles. The monoisotopic (exact) mass is 203 g/mol. The van der Waals surface area contributed by atoms with Crippen LogP contribution in [-0.2, 0) is 11.2 Å². The third-order valence-electron chi connectivity index (χ3n) is 2.57. The van der Waals surface area contributed by atoms with Crippen LogP contribution < -0.4 is 5.32 Å². The van der Waals surface area contributed by atoms with E-state index in [0.29, 0.717) is 6.41 Å². The minimum Gasteiger partial charge on any atom is -0.344 e. The number of hydrogen-bond donors (Lipinski definition) is 2. The summed E-state index contributed by atoms with van der Waals surface area (Å²) in [7, 11) is 0. The van der Waals surface area contributed by atoms with Gasteiger partial charge in [-0.2, -0.15) is 0 Å². The van der Waals surface area contributed by atoms with Gasteiger partial charge in [-0.3, -0.25) is 4.79 Å². The van der Waals surface area contributed by atoms with E-state index in [1.807, 2.05) is 13.0 Å². The maximum Gasteiger partial charge on any atom is 0.211 e. The van der Waals surface area contributed by atoms with Crippen molar-refractivity contribution in [2.75, 3.05) is 5.32 Å². The number of rotatable bonds is 3. The van der Waals surface area contributed by atoms with Crippen LogP contribution in [-0.4, -0.2) is 16.4 Å². The molecule has 0 spiro atoms. The molecule has 0 bridgehead atoms. The maximum atomic E-state index is 10.5. The molecule has 2 N–H and O–H groups in total. The maximum absolute atomic E-state index is 10.5. The minimum atomic E-state index is 0.704. The highest BCUT2D eigenvalue weighted by atomic mass is 16.1. The number of fused-ring (bicyclic) bond motifs is 1. The topological polar surface area (TPSA) is 57.8 Å². The zero-order valence-electron chi connectivity index (χ0n) is 8.79. The average Bonchev–Trinajstić information content (AvgIpc) is 2.68. The lowest BCUT2D eigenvalue weighted by atomic mass is 10.0. The van der Waals surface area contributed by atoms with Crippen molar-refractivity contribution in [2.45, 2.75) is 20.3 Å². The Hall–Kier alpha value is -1.84. The van der Waals surface area contributed by atoms with Gasteiger partial charge in [0.25, 0.3) is 0 Å². The van der Waals surface area contributed by atoms with Crippen LogP contribution >= 0.6 is 0 Å². The highest BCUT2D eigenvalue weighted by Crippen LogP contribution is 2.27. The van der Waals surface area contributed by atoms with E-state index in [9.17, 15) is 4.79 Å². The average molecular weight is 203 g/mol. The summed E-state index contributed by atoms with van der Waals surface area (Å²) in [6.45, 7) is 4.04. The predicted molar refractivity (Wildman–Crippen MR) is 59.9 cm³/mol. The van der Waals surface area contributed by atoms with E-state index in [0.717, 1.165) is 34.3 Å². The fraction of sp³-hybridized carbons (Fsp3) is 0.273. The number of carbonyl (C=O) groups is 1. The molecule has 1 amide bonds. The number of benzene rings is 1. The molecule has 2 rings (SSSR count). The van der Waals surface area contributed by atoms with Gasteiger partial charge in [-0.05, 0) is 25.0 Å². The Morgan fingerprint density at radius 2 is 2.40 bits per heavy atom. The number of amides is 1. The lowest BCUT2D eigenvalue weighted by Crippen LogP contribution is -2.00. The second kappa shape index (κ2) is 3.73. The first-order valence-corrected chi connectivity index (χ1v) is 4.93. The predicted octanol–water partition coefficient (Wildman–Crippen LogP) is 2.00. The number of aromatic nitrogens is 2. The number of carbonyl (C=O) groups excluding carboxylic acids is 1. The van der Waals surface area contributed by atoms with Gasteiger partial charge in [-0.1, -0.05) is 6.92 Å². The van der Waals surface area contributed by atoms with E-state index in [4.69, 9.17) is 0 Å². The van der Waals surface area contributed by atoms with Gasteiger partial charge in [0.2, 0.25) is 6.41 Å². The molecule has 0 aliphatic heterocycles. The Labute approximate surface area is 87.7 Å². The lowest BCUT2D eigenvalue weighted by molar-refractivity contribution is -0.105. The summed E-state index contributed by atoms with van der Waals surface area (Å²) in [5, 5.41) is 2.72. The Morgan fingerprint density at radius 1 is 1.60 bits per heavy atom. The SMILES string of the molecule is CCc1c(NC=O)cc(C)c2nc[nH]c12. The number of aryl methyl sites for hydroxylation is 2. The molecule has 0 saturated heterocycles. The largest absolute Gasteiger partial charge is 0.344 e. The van der Waals surface area contributed by atoms with E-state index in [2.05, 4.69) is 22.2 Å². The number of nitrogens with zero attached hydrogens (tertiary/aromatic N) is 1. The number of nitrogens with one attached hydrogen (secondary N) is 2. The van der Waals surface area contributed by atoms with Gasteiger partial charge in [0.05, 0.1) is 17.4 Å². The van der Waals surface area contributed by atoms with E-state index in [-0.39, 0.29) is 0 Å². The molecule has 0 aliphatic carbocycles. The molecule has 1 heterocycles. The van der Waals surface area contributed by atoms with Crippen LogP contribution in [0.2, 0.25) is 0 Å². The van der Waals surface area contributed by atoms with Crippen molar-refractivity contribution >= 4 is 23.1 Å². The van der Waals surface area contributed by atoms with Crippen LogP contribution in [0.1, 0.15) is 18.1 Å². The zero-order chi connectivity index (χ0) is 10.8.